The third kappa shape index (κ3) is 4.90. The van der Waals surface area contributed by atoms with Crippen LogP contribution in [0.5, 0.6) is 0 Å². The van der Waals surface area contributed by atoms with Gasteiger partial charge in [-0.1, -0.05) is 18.9 Å². The molecule has 0 radical (unpaired) electrons. The molecule has 19 heavy (non-hydrogen) atoms. The number of ether oxygens (including phenoxy) is 1. The van der Waals surface area contributed by atoms with Gasteiger partial charge in [-0.05, 0) is 57.0 Å². The molecular weight excluding hydrogens is 254 g/mol. The van der Waals surface area contributed by atoms with Gasteiger partial charge in [0.1, 0.15) is 0 Å². The van der Waals surface area contributed by atoms with Crippen LogP contribution in [0.2, 0.25) is 0 Å². The molecule has 108 valence electrons. The topological polar surface area (TPSA) is 21.3 Å². The third-order valence-corrected chi connectivity index (χ3v) is 4.81. The van der Waals surface area contributed by atoms with E-state index in [0.29, 0.717) is 12.1 Å². The molecule has 1 heterocycles. The van der Waals surface area contributed by atoms with E-state index in [-0.39, 0.29) is 0 Å². The van der Waals surface area contributed by atoms with Gasteiger partial charge in [-0.25, -0.2) is 0 Å². The minimum absolute atomic E-state index is 0.350. The van der Waals surface area contributed by atoms with Gasteiger partial charge >= 0.3 is 0 Å². The summed E-state index contributed by atoms with van der Waals surface area (Å²) in [6, 6.07) is 5.03. The quantitative estimate of drug-likeness (QED) is 0.714. The maximum absolute atomic E-state index is 5.60. The summed E-state index contributed by atoms with van der Waals surface area (Å²) in [7, 11) is 0. The number of hydrogen-bond acceptors (Lipinski definition) is 3. The van der Waals surface area contributed by atoms with Crippen molar-refractivity contribution in [3.8, 4) is 0 Å². The van der Waals surface area contributed by atoms with Gasteiger partial charge in [0.15, 0.2) is 0 Å². The minimum Gasteiger partial charge on any atom is -0.379 e. The predicted molar refractivity (Wildman–Crippen MR) is 82.7 cm³/mol. The monoisotopic (exact) mass is 281 g/mol. The molecule has 0 spiro atoms. The van der Waals surface area contributed by atoms with Crippen LogP contribution in [-0.4, -0.2) is 19.3 Å². The Hall–Kier alpha value is -0.380. The van der Waals surface area contributed by atoms with Crippen molar-refractivity contribution in [2.75, 3.05) is 13.2 Å². The first-order chi connectivity index (χ1) is 9.27. The molecule has 0 amide bonds. The van der Waals surface area contributed by atoms with E-state index in [9.17, 15) is 0 Å². The van der Waals surface area contributed by atoms with Gasteiger partial charge in [-0.15, -0.1) is 11.3 Å². The van der Waals surface area contributed by atoms with E-state index in [0.717, 1.165) is 25.5 Å². The van der Waals surface area contributed by atoms with Crippen LogP contribution in [0.4, 0.5) is 0 Å². The van der Waals surface area contributed by atoms with Crippen LogP contribution >= 0.6 is 11.3 Å². The van der Waals surface area contributed by atoms with Crippen LogP contribution in [0.3, 0.4) is 0 Å². The summed E-state index contributed by atoms with van der Waals surface area (Å²) >= 11 is 1.89. The summed E-state index contributed by atoms with van der Waals surface area (Å²) < 4.78 is 5.60. The summed E-state index contributed by atoms with van der Waals surface area (Å²) in [5.74, 6) is 0.838. The zero-order chi connectivity index (χ0) is 13.5. The fourth-order valence-corrected chi connectivity index (χ4v) is 3.80. The van der Waals surface area contributed by atoms with Crippen molar-refractivity contribution in [2.45, 2.75) is 58.1 Å². The van der Waals surface area contributed by atoms with Crippen molar-refractivity contribution in [3.63, 3.8) is 0 Å². The molecule has 1 aromatic heterocycles. The Morgan fingerprint density at radius 3 is 2.79 bits per heavy atom. The van der Waals surface area contributed by atoms with Gasteiger partial charge in [0.05, 0.1) is 6.10 Å². The van der Waals surface area contributed by atoms with Crippen LogP contribution in [0.1, 0.15) is 56.9 Å². The highest BCUT2D eigenvalue weighted by atomic mass is 32.1. The van der Waals surface area contributed by atoms with Crippen molar-refractivity contribution in [2.24, 2.45) is 5.92 Å². The lowest BCUT2D eigenvalue weighted by Crippen LogP contribution is -2.28. The van der Waals surface area contributed by atoms with Crippen molar-refractivity contribution in [1.82, 2.24) is 5.32 Å². The van der Waals surface area contributed by atoms with Crippen LogP contribution in [-0.2, 0) is 4.74 Å². The van der Waals surface area contributed by atoms with Crippen LogP contribution < -0.4 is 5.32 Å². The Labute approximate surface area is 121 Å². The van der Waals surface area contributed by atoms with Crippen LogP contribution in [0.15, 0.2) is 17.5 Å². The summed E-state index contributed by atoms with van der Waals surface area (Å²) in [4.78, 5) is 1.51. The Balaban J connectivity index is 1.78. The molecule has 0 saturated heterocycles. The maximum Gasteiger partial charge on any atom is 0.0518 e. The Bertz CT molecular complexity index is 331. The van der Waals surface area contributed by atoms with Gasteiger partial charge in [-0.2, -0.15) is 0 Å². The standard InChI is InChI=1S/C16H27NOS/c1-13(2)18-11-6-10-17-16(14-7-3-4-8-14)15-9-5-12-19-15/h5,9,12-14,16-17H,3-4,6-8,10-11H2,1-2H3. The summed E-state index contributed by atoms with van der Waals surface area (Å²) in [6.07, 6.45) is 7.04. The Morgan fingerprint density at radius 2 is 2.16 bits per heavy atom. The maximum atomic E-state index is 5.60. The largest absolute Gasteiger partial charge is 0.379 e. The molecule has 1 aliphatic rings. The SMILES string of the molecule is CC(C)OCCCNC(c1cccs1)C1CCCC1. The molecule has 1 N–H and O–H groups in total. The molecule has 1 fully saturated rings. The van der Waals surface area contributed by atoms with E-state index in [1.54, 1.807) is 0 Å². The first kappa shape index (κ1) is 15.0. The first-order valence-electron chi connectivity index (χ1n) is 7.65. The highest BCUT2D eigenvalue weighted by Gasteiger charge is 2.26. The summed E-state index contributed by atoms with van der Waals surface area (Å²) in [5.41, 5.74) is 0. The molecule has 2 nitrogen and oxygen atoms in total. The second-order valence-corrected chi connectivity index (χ2v) is 6.74. The van der Waals surface area contributed by atoms with Gasteiger partial charge in [-0.3, -0.25) is 0 Å². The zero-order valence-electron chi connectivity index (χ0n) is 12.2. The lowest BCUT2D eigenvalue weighted by Gasteiger charge is -2.24. The number of rotatable bonds is 8. The lowest BCUT2D eigenvalue weighted by atomic mass is 9.96. The predicted octanol–water partition coefficient (Wildman–Crippen LogP) is 4.38. The normalized spacial score (nSPS) is 18.3. The molecule has 3 heteroatoms. The average molecular weight is 281 g/mol. The molecule has 1 aromatic rings. The molecular formula is C16H27NOS. The third-order valence-electron chi connectivity index (χ3n) is 3.86. The fourth-order valence-electron chi connectivity index (χ4n) is 2.91. The van der Waals surface area contributed by atoms with E-state index in [2.05, 4.69) is 36.7 Å². The van der Waals surface area contributed by atoms with E-state index in [1.807, 2.05) is 11.3 Å². The highest BCUT2D eigenvalue weighted by molar-refractivity contribution is 7.10. The number of thiophene rings is 1. The van der Waals surface area contributed by atoms with Gasteiger partial charge in [0.2, 0.25) is 0 Å². The molecule has 1 unspecified atom stereocenters. The summed E-state index contributed by atoms with van der Waals surface area (Å²) in [6.45, 7) is 6.12. The first-order valence-corrected chi connectivity index (χ1v) is 8.53. The molecule has 1 aliphatic carbocycles. The average Bonchev–Trinajstić information content (AvgIpc) is 3.06. The van der Waals surface area contributed by atoms with Crippen molar-refractivity contribution in [1.29, 1.82) is 0 Å². The summed E-state index contributed by atoms with van der Waals surface area (Å²) in [5, 5.41) is 5.96. The van der Waals surface area contributed by atoms with E-state index in [1.165, 1.54) is 30.6 Å². The van der Waals surface area contributed by atoms with E-state index in [4.69, 9.17) is 4.74 Å². The number of hydrogen-bond donors (Lipinski definition) is 1. The van der Waals surface area contributed by atoms with E-state index < -0.39 is 0 Å². The van der Waals surface area contributed by atoms with E-state index >= 15 is 0 Å². The van der Waals surface area contributed by atoms with Crippen molar-refractivity contribution < 1.29 is 4.74 Å². The second-order valence-electron chi connectivity index (χ2n) is 5.76. The molecule has 0 aliphatic heterocycles. The van der Waals surface area contributed by atoms with Crippen LogP contribution in [0, 0.1) is 5.92 Å². The second kappa shape index (κ2) is 8.03. The number of nitrogens with one attached hydrogen (secondary N) is 1. The van der Waals surface area contributed by atoms with Gasteiger partial charge in [0.25, 0.3) is 0 Å². The lowest BCUT2D eigenvalue weighted by molar-refractivity contribution is 0.0763. The molecule has 0 aromatic carbocycles. The Morgan fingerprint density at radius 1 is 1.37 bits per heavy atom. The molecule has 1 atom stereocenters. The Kier molecular flexibility index (Phi) is 6.35. The van der Waals surface area contributed by atoms with Crippen molar-refractivity contribution >= 4 is 11.3 Å². The van der Waals surface area contributed by atoms with Gasteiger partial charge in [0, 0.05) is 17.5 Å². The minimum atomic E-state index is 0.350. The molecule has 2 rings (SSSR count). The highest BCUT2D eigenvalue weighted by Crippen LogP contribution is 2.37. The fraction of sp³-hybridized carbons (Fsp3) is 0.750. The molecule has 0 bridgehead atoms. The van der Waals surface area contributed by atoms with Crippen molar-refractivity contribution in [3.05, 3.63) is 22.4 Å². The molecule has 1 saturated carbocycles. The smallest absolute Gasteiger partial charge is 0.0518 e. The zero-order valence-corrected chi connectivity index (χ0v) is 13.0. The van der Waals surface area contributed by atoms with Gasteiger partial charge < -0.3 is 10.1 Å². The van der Waals surface area contributed by atoms with Crippen LogP contribution in [0.25, 0.3) is 0 Å².